The van der Waals surface area contributed by atoms with Crippen molar-refractivity contribution in [1.29, 1.82) is 0 Å². The minimum absolute atomic E-state index is 0.369. The van der Waals surface area contributed by atoms with E-state index in [0.29, 0.717) is 16.1 Å². The van der Waals surface area contributed by atoms with Gasteiger partial charge in [-0.3, -0.25) is 0 Å². The summed E-state index contributed by atoms with van der Waals surface area (Å²) in [5.41, 5.74) is 7.43. The standard InChI is InChI=1S/C12H17ClN2S/c1-3-4-8(2)15-11-6-5-9(13)7-10(11)12(14)16/h5-8,15H,3-4H2,1-2H3,(H2,14,16). The molecule has 0 bridgehead atoms. The molecule has 0 amide bonds. The van der Waals surface area contributed by atoms with Gasteiger partial charge in [-0.05, 0) is 31.5 Å². The van der Waals surface area contributed by atoms with Crippen molar-refractivity contribution in [3.63, 3.8) is 0 Å². The lowest BCUT2D eigenvalue weighted by molar-refractivity contribution is 0.690. The molecule has 1 rings (SSSR count). The first-order valence-corrected chi connectivity index (χ1v) is 6.19. The van der Waals surface area contributed by atoms with E-state index in [4.69, 9.17) is 29.6 Å². The second-order valence-electron chi connectivity index (χ2n) is 3.89. The predicted molar refractivity (Wildman–Crippen MR) is 75.3 cm³/mol. The van der Waals surface area contributed by atoms with Crippen LogP contribution in [0.1, 0.15) is 32.3 Å². The number of hydrogen-bond acceptors (Lipinski definition) is 2. The monoisotopic (exact) mass is 256 g/mol. The quantitative estimate of drug-likeness (QED) is 0.791. The lowest BCUT2D eigenvalue weighted by atomic mass is 10.1. The molecule has 1 atom stereocenters. The number of nitrogens with two attached hydrogens (primary N) is 1. The Morgan fingerprint density at radius 2 is 2.25 bits per heavy atom. The number of nitrogens with one attached hydrogen (secondary N) is 1. The van der Waals surface area contributed by atoms with E-state index in [-0.39, 0.29) is 0 Å². The molecule has 1 aromatic rings. The summed E-state index contributed by atoms with van der Waals surface area (Å²) in [6, 6.07) is 5.96. The highest BCUT2D eigenvalue weighted by Gasteiger charge is 2.08. The van der Waals surface area contributed by atoms with Crippen LogP contribution in [0.15, 0.2) is 18.2 Å². The summed E-state index contributed by atoms with van der Waals surface area (Å²) in [4.78, 5) is 0.369. The lowest BCUT2D eigenvalue weighted by Crippen LogP contribution is -2.19. The molecule has 0 aliphatic rings. The van der Waals surface area contributed by atoms with Crippen LogP contribution in [-0.4, -0.2) is 11.0 Å². The molecule has 1 aromatic carbocycles. The second-order valence-corrected chi connectivity index (χ2v) is 4.76. The fourth-order valence-electron chi connectivity index (χ4n) is 1.62. The zero-order valence-electron chi connectivity index (χ0n) is 9.59. The smallest absolute Gasteiger partial charge is 0.106 e. The molecule has 0 aliphatic heterocycles. The molecule has 16 heavy (non-hydrogen) atoms. The van der Waals surface area contributed by atoms with Crippen LogP contribution in [-0.2, 0) is 0 Å². The van der Waals surface area contributed by atoms with Crippen molar-refractivity contribution >= 4 is 34.5 Å². The number of hydrogen-bond donors (Lipinski definition) is 2. The Hall–Kier alpha value is -0.800. The molecule has 88 valence electrons. The van der Waals surface area contributed by atoms with Gasteiger partial charge in [0, 0.05) is 22.3 Å². The molecule has 4 heteroatoms. The third kappa shape index (κ3) is 3.65. The van der Waals surface area contributed by atoms with Crippen LogP contribution in [0.4, 0.5) is 5.69 Å². The van der Waals surface area contributed by atoms with Gasteiger partial charge in [0.15, 0.2) is 0 Å². The lowest BCUT2D eigenvalue weighted by Gasteiger charge is -2.17. The first-order chi connectivity index (χ1) is 7.54. The first-order valence-electron chi connectivity index (χ1n) is 5.40. The minimum atomic E-state index is 0.369. The highest BCUT2D eigenvalue weighted by molar-refractivity contribution is 7.80. The van der Waals surface area contributed by atoms with Crippen molar-refractivity contribution in [2.75, 3.05) is 5.32 Å². The number of anilines is 1. The molecule has 0 heterocycles. The Bertz CT molecular complexity index is 379. The van der Waals surface area contributed by atoms with Crippen molar-refractivity contribution < 1.29 is 0 Å². The van der Waals surface area contributed by atoms with E-state index < -0.39 is 0 Å². The van der Waals surface area contributed by atoms with E-state index in [0.717, 1.165) is 24.1 Å². The minimum Gasteiger partial charge on any atom is -0.389 e. The maximum atomic E-state index is 5.92. The number of benzene rings is 1. The van der Waals surface area contributed by atoms with E-state index in [2.05, 4.69) is 19.2 Å². The summed E-state index contributed by atoms with van der Waals surface area (Å²) in [7, 11) is 0. The molecule has 0 spiro atoms. The molecule has 0 fully saturated rings. The van der Waals surface area contributed by atoms with Crippen LogP contribution in [0.3, 0.4) is 0 Å². The van der Waals surface area contributed by atoms with Crippen molar-refractivity contribution in [2.24, 2.45) is 5.73 Å². The molecule has 2 nitrogen and oxygen atoms in total. The highest BCUT2D eigenvalue weighted by atomic mass is 35.5. The Kier molecular flexibility index (Phi) is 5.03. The SMILES string of the molecule is CCCC(C)Nc1ccc(Cl)cc1C(N)=S. The van der Waals surface area contributed by atoms with E-state index >= 15 is 0 Å². The zero-order chi connectivity index (χ0) is 12.1. The maximum Gasteiger partial charge on any atom is 0.106 e. The van der Waals surface area contributed by atoms with Gasteiger partial charge in [0.25, 0.3) is 0 Å². The fourth-order valence-corrected chi connectivity index (χ4v) is 1.96. The molecule has 1 unspecified atom stereocenters. The molecular formula is C12H17ClN2S. The normalized spacial score (nSPS) is 12.2. The van der Waals surface area contributed by atoms with Crippen LogP contribution in [0.5, 0.6) is 0 Å². The van der Waals surface area contributed by atoms with Crippen LogP contribution < -0.4 is 11.1 Å². The highest BCUT2D eigenvalue weighted by Crippen LogP contribution is 2.22. The van der Waals surface area contributed by atoms with Gasteiger partial charge in [0.1, 0.15) is 4.99 Å². The van der Waals surface area contributed by atoms with Gasteiger partial charge in [-0.25, -0.2) is 0 Å². The summed E-state index contributed by atoms with van der Waals surface area (Å²) >= 11 is 10.9. The summed E-state index contributed by atoms with van der Waals surface area (Å²) in [6.45, 7) is 4.30. The molecule has 0 aromatic heterocycles. The molecular weight excluding hydrogens is 240 g/mol. The van der Waals surface area contributed by atoms with Gasteiger partial charge in [-0.2, -0.15) is 0 Å². The third-order valence-corrected chi connectivity index (χ3v) is 2.83. The summed E-state index contributed by atoms with van der Waals surface area (Å²) < 4.78 is 0. The van der Waals surface area contributed by atoms with Crippen LogP contribution >= 0.6 is 23.8 Å². The average molecular weight is 257 g/mol. The number of halogens is 1. The van der Waals surface area contributed by atoms with Crippen molar-refractivity contribution in [3.05, 3.63) is 28.8 Å². The zero-order valence-corrected chi connectivity index (χ0v) is 11.2. The molecule has 0 aliphatic carbocycles. The average Bonchev–Trinajstić information content (AvgIpc) is 2.20. The predicted octanol–water partition coefficient (Wildman–Crippen LogP) is 3.57. The Morgan fingerprint density at radius 1 is 1.56 bits per heavy atom. The van der Waals surface area contributed by atoms with E-state index in [1.54, 1.807) is 6.07 Å². The van der Waals surface area contributed by atoms with Crippen molar-refractivity contribution in [2.45, 2.75) is 32.7 Å². The fraction of sp³-hybridized carbons (Fsp3) is 0.417. The van der Waals surface area contributed by atoms with Gasteiger partial charge < -0.3 is 11.1 Å². The van der Waals surface area contributed by atoms with Crippen molar-refractivity contribution in [3.8, 4) is 0 Å². The Morgan fingerprint density at radius 3 is 2.81 bits per heavy atom. The van der Waals surface area contributed by atoms with Gasteiger partial charge in [-0.15, -0.1) is 0 Å². The largest absolute Gasteiger partial charge is 0.389 e. The van der Waals surface area contributed by atoms with Gasteiger partial charge >= 0.3 is 0 Å². The summed E-state index contributed by atoms with van der Waals surface area (Å²) in [5.74, 6) is 0. The van der Waals surface area contributed by atoms with E-state index in [1.165, 1.54) is 0 Å². The molecule has 0 saturated carbocycles. The van der Waals surface area contributed by atoms with Crippen LogP contribution in [0.2, 0.25) is 5.02 Å². The molecule has 3 N–H and O–H groups in total. The van der Waals surface area contributed by atoms with Crippen LogP contribution in [0, 0.1) is 0 Å². The molecule has 0 radical (unpaired) electrons. The van der Waals surface area contributed by atoms with Gasteiger partial charge in [-0.1, -0.05) is 37.2 Å². The number of thiocarbonyl (C=S) groups is 1. The van der Waals surface area contributed by atoms with Crippen LogP contribution in [0.25, 0.3) is 0 Å². The Labute approximate surface area is 107 Å². The van der Waals surface area contributed by atoms with Gasteiger partial charge in [0.2, 0.25) is 0 Å². The van der Waals surface area contributed by atoms with Gasteiger partial charge in [0.05, 0.1) is 0 Å². The second kappa shape index (κ2) is 6.06. The van der Waals surface area contributed by atoms with Crippen molar-refractivity contribution in [1.82, 2.24) is 0 Å². The topological polar surface area (TPSA) is 38.0 Å². The Balaban J connectivity index is 2.90. The molecule has 0 saturated heterocycles. The van der Waals surface area contributed by atoms with E-state index in [9.17, 15) is 0 Å². The maximum absolute atomic E-state index is 5.92. The summed E-state index contributed by atoms with van der Waals surface area (Å²) in [5, 5.41) is 4.04. The first kappa shape index (κ1) is 13.3. The summed E-state index contributed by atoms with van der Waals surface area (Å²) in [6.07, 6.45) is 2.25. The van der Waals surface area contributed by atoms with E-state index in [1.807, 2.05) is 12.1 Å². The third-order valence-electron chi connectivity index (χ3n) is 2.37. The number of rotatable bonds is 5.